The van der Waals surface area contributed by atoms with E-state index in [0.29, 0.717) is 0 Å². The van der Waals surface area contributed by atoms with Crippen LogP contribution in [0.25, 0.3) is 0 Å². The van der Waals surface area contributed by atoms with Crippen molar-refractivity contribution in [2.45, 2.75) is 0 Å². The summed E-state index contributed by atoms with van der Waals surface area (Å²) in [5.41, 5.74) is 0. The first-order chi connectivity index (χ1) is 8.70. The van der Waals surface area contributed by atoms with Crippen LogP contribution in [0.5, 0.6) is 0 Å². The predicted molar refractivity (Wildman–Crippen MR) is 64.6 cm³/mol. The van der Waals surface area contributed by atoms with Crippen molar-refractivity contribution in [2.75, 3.05) is 47.1 Å². The molecule has 0 aromatic rings. The predicted octanol–water partition coefficient (Wildman–Crippen LogP) is -1.68. The second-order valence-electron chi connectivity index (χ2n) is 4.36. The Kier molecular flexibility index (Phi) is 7.65. The van der Waals surface area contributed by atoms with E-state index in [1.807, 2.05) is 0 Å². The van der Waals surface area contributed by atoms with Gasteiger partial charge in [-0.3, -0.25) is 29.1 Å². The first-order valence-electron chi connectivity index (χ1n) is 5.45. The first kappa shape index (κ1) is 17.3. The summed E-state index contributed by atoms with van der Waals surface area (Å²) in [6, 6.07) is 0. The summed E-state index contributed by atoms with van der Waals surface area (Å²) in [5.74, 6) is -3.39. The van der Waals surface area contributed by atoms with Crippen LogP contribution in [0.4, 0.5) is 0 Å². The van der Waals surface area contributed by atoms with Gasteiger partial charge in [-0.15, -0.1) is 0 Å². The molecule has 0 saturated heterocycles. The van der Waals surface area contributed by atoms with Gasteiger partial charge in [0.05, 0.1) is 33.0 Å². The Hall–Kier alpha value is -1.71. The molecule has 0 aliphatic rings. The molecule has 0 aliphatic heterocycles. The van der Waals surface area contributed by atoms with E-state index in [4.69, 9.17) is 15.3 Å². The van der Waals surface area contributed by atoms with Gasteiger partial charge in [0.15, 0.2) is 0 Å². The molecule has 0 unspecified atom stereocenters. The van der Waals surface area contributed by atoms with Gasteiger partial charge >= 0.3 is 17.9 Å². The van der Waals surface area contributed by atoms with Crippen molar-refractivity contribution >= 4 is 17.9 Å². The molecule has 0 amide bonds. The Morgan fingerprint density at radius 2 is 1.11 bits per heavy atom. The lowest BCUT2D eigenvalue weighted by atomic mass is 10.4. The maximum absolute atomic E-state index is 10.7. The number of hydrogen-bond acceptors (Lipinski definition) is 6. The number of nitrogens with zero attached hydrogens (tertiary/aromatic N) is 3. The second kappa shape index (κ2) is 8.40. The van der Waals surface area contributed by atoms with E-state index in [2.05, 4.69) is 0 Å². The van der Waals surface area contributed by atoms with E-state index in [0.717, 1.165) is 4.90 Å². The smallest absolute Gasteiger partial charge is 0.317 e. The Labute approximate surface area is 110 Å². The van der Waals surface area contributed by atoms with Crippen molar-refractivity contribution in [3.63, 3.8) is 0 Å². The molecule has 9 nitrogen and oxygen atoms in total. The van der Waals surface area contributed by atoms with Crippen LogP contribution < -0.4 is 0 Å². The van der Waals surface area contributed by atoms with E-state index in [9.17, 15) is 14.4 Å². The molecule has 19 heavy (non-hydrogen) atoms. The zero-order valence-electron chi connectivity index (χ0n) is 10.9. The zero-order valence-corrected chi connectivity index (χ0v) is 10.9. The molecule has 0 heterocycles. The van der Waals surface area contributed by atoms with Crippen LogP contribution >= 0.6 is 0 Å². The summed E-state index contributed by atoms with van der Waals surface area (Å²) in [7, 11) is 3.46. The van der Waals surface area contributed by atoms with Crippen molar-refractivity contribution < 1.29 is 29.7 Å². The third-order valence-electron chi connectivity index (χ3n) is 1.96. The van der Waals surface area contributed by atoms with Gasteiger partial charge in [0.2, 0.25) is 0 Å². The van der Waals surface area contributed by atoms with Gasteiger partial charge in [-0.1, -0.05) is 0 Å². The van der Waals surface area contributed by atoms with Gasteiger partial charge in [0.1, 0.15) is 0 Å². The fraction of sp³-hybridized carbons (Fsp3) is 0.700. The van der Waals surface area contributed by atoms with Crippen LogP contribution in [-0.2, 0) is 14.4 Å². The van der Waals surface area contributed by atoms with Crippen molar-refractivity contribution in [3.05, 3.63) is 0 Å². The van der Waals surface area contributed by atoms with Gasteiger partial charge in [0.25, 0.3) is 0 Å². The molecule has 110 valence electrons. The molecular formula is C10H19N3O6. The van der Waals surface area contributed by atoms with E-state index in [1.165, 1.54) is 4.90 Å². The summed E-state index contributed by atoms with van der Waals surface area (Å²) >= 11 is 0. The maximum atomic E-state index is 10.7. The highest BCUT2D eigenvalue weighted by Gasteiger charge is 2.19. The van der Waals surface area contributed by atoms with Crippen molar-refractivity contribution in [1.29, 1.82) is 0 Å². The monoisotopic (exact) mass is 277 g/mol. The molecule has 0 aromatic carbocycles. The fourth-order valence-electron chi connectivity index (χ4n) is 1.56. The SMILES string of the molecule is CN(C)CN(CC(=O)O)CN(CC(=O)O)CC(=O)O. The third kappa shape index (κ3) is 9.94. The molecule has 0 bridgehead atoms. The van der Waals surface area contributed by atoms with Gasteiger partial charge in [-0.25, -0.2) is 0 Å². The lowest BCUT2D eigenvalue weighted by Gasteiger charge is -2.29. The molecule has 0 aliphatic carbocycles. The van der Waals surface area contributed by atoms with Gasteiger partial charge in [-0.2, -0.15) is 0 Å². The largest absolute Gasteiger partial charge is 0.480 e. The summed E-state index contributed by atoms with van der Waals surface area (Å²) in [6.07, 6.45) is 0. The Morgan fingerprint density at radius 1 is 0.737 bits per heavy atom. The van der Waals surface area contributed by atoms with Crippen molar-refractivity contribution in [3.8, 4) is 0 Å². The second-order valence-corrected chi connectivity index (χ2v) is 4.36. The van der Waals surface area contributed by atoms with E-state index in [-0.39, 0.29) is 19.9 Å². The molecule has 0 saturated carbocycles. The summed E-state index contributed by atoms with van der Waals surface area (Å²) in [6.45, 7) is -0.995. The van der Waals surface area contributed by atoms with Crippen LogP contribution in [-0.4, -0.2) is 95.0 Å². The minimum atomic E-state index is -1.17. The average molecular weight is 277 g/mol. The van der Waals surface area contributed by atoms with E-state index < -0.39 is 31.0 Å². The standard InChI is InChI=1S/C10H19N3O6/c1-11(2)6-13(5-10(18)19)7-12(3-8(14)15)4-9(16)17/h3-7H2,1-2H3,(H,14,15)(H,16,17)(H,18,19). The molecule has 0 radical (unpaired) electrons. The quantitative estimate of drug-likeness (QED) is 0.402. The lowest BCUT2D eigenvalue weighted by Crippen LogP contribution is -2.47. The summed E-state index contributed by atoms with van der Waals surface area (Å²) in [5, 5.41) is 26.1. The maximum Gasteiger partial charge on any atom is 0.317 e. The number of carbonyl (C=O) groups is 3. The number of hydrogen-bond donors (Lipinski definition) is 3. The number of carboxylic acids is 3. The Balaban J connectivity index is 4.64. The van der Waals surface area contributed by atoms with Crippen molar-refractivity contribution in [1.82, 2.24) is 14.7 Å². The molecule has 0 fully saturated rings. The van der Waals surface area contributed by atoms with Crippen LogP contribution in [0.3, 0.4) is 0 Å². The van der Waals surface area contributed by atoms with Crippen LogP contribution in [0, 0.1) is 0 Å². The first-order valence-corrected chi connectivity index (χ1v) is 5.45. The van der Waals surface area contributed by atoms with E-state index in [1.54, 1.807) is 19.0 Å². The molecule has 0 rings (SSSR count). The highest BCUT2D eigenvalue weighted by Crippen LogP contribution is 1.96. The minimum Gasteiger partial charge on any atom is -0.480 e. The topological polar surface area (TPSA) is 122 Å². The van der Waals surface area contributed by atoms with Crippen LogP contribution in [0.2, 0.25) is 0 Å². The average Bonchev–Trinajstić information content (AvgIpc) is 2.11. The molecule has 9 heteroatoms. The number of rotatable bonds is 10. The molecular weight excluding hydrogens is 258 g/mol. The number of carboxylic acid groups (broad SMARTS) is 3. The normalized spacial score (nSPS) is 11.2. The third-order valence-corrected chi connectivity index (χ3v) is 1.96. The van der Waals surface area contributed by atoms with Crippen molar-refractivity contribution in [2.24, 2.45) is 0 Å². The molecule has 0 aromatic heterocycles. The zero-order chi connectivity index (χ0) is 15.0. The highest BCUT2D eigenvalue weighted by atomic mass is 16.4. The molecule has 0 atom stereocenters. The Bertz CT molecular complexity index is 317. The van der Waals surface area contributed by atoms with Crippen LogP contribution in [0.1, 0.15) is 0 Å². The van der Waals surface area contributed by atoms with Crippen LogP contribution in [0.15, 0.2) is 0 Å². The Morgan fingerprint density at radius 3 is 1.42 bits per heavy atom. The van der Waals surface area contributed by atoms with Gasteiger partial charge in [-0.05, 0) is 14.1 Å². The summed E-state index contributed by atoms with van der Waals surface area (Å²) in [4.78, 5) is 36.3. The molecule has 0 spiro atoms. The van der Waals surface area contributed by atoms with E-state index >= 15 is 0 Å². The number of aliphatic carboxylic acids is 3. The summed E-state index contributed by atoms with van der Waals surface area (Å²) < 4.78 is 0. The highest BCUT2D eigenvalue weighted by molar-refractivity contribution is 5.72. The lowest BCUT2D eigenvalue weighted by molar-refractivity contribution is -0.143. The fourth-order valence-corrected chi connectivity index (χ4v) is 1.56. The minimum absolute atomic E-state index is 0.0525. The molecule has 3 N–H and O–H groups in total. The van der Waals surface area contributed by atoms with Gasteiger partial charge in [0, 0.05) is 0 Å². The van der Waals surface area contributed by atoms with Gasteiger partial charge < -0.3 is 15.3 Å².